The Labute approximate surface area is 157 Å². The van der Waals surface area contributed by atoms with E-state index >= 15 is 0 Å². The van der Waals surface area contributed by atoms with Crippen LogP contribution in [0, 0.1) is 0 Å². The lowest BCUT2D eigenvalue weighted by molar-refractivity contribution is -0.114. The molecule has 1 unspecified atom stereocenters. The zero-order valence-corrected chi connectivity index (χ0v) is 15.1. The fourth-order valence-electron chi connectivity index (χ4n) is 2.66. The van der Waals surface area contributed by atoms with E-state index in [1.165, 1.54) is 0 Å². The van der Waals surface area contributed by atoms with Crippen LogP contribution in [0.4, 0.5) is 5.69 Å². The highest BCUT2D eigenvalue weighted by Gasteiger charge is 2.15. The highest BCUT2D eigenvalue weighted by molar-refractivity contribution is 6.54. The number of hydrogen-bond acceptors (Lipinski definition) is 3. The van der Waals surface area contributed by atoms with Crippen molar-refractivity contribution in [3.05, 3.63) is 48.5 Å². The molecule has 1 N–H and O–H groups in total. The van der Waals surface area contributed by atoms with Crippen LogP contribution in [0.2, 0.25) is 0 Å². The highest BCUT2D eigenvalue weighted by atomic mass is 35.5. The molecule has 1 amide bonds. The van der Waals surface area contributed by atoms with Crippen LogP contribution in [0.15, 0.2) is 48.5 Å². The minimum absolute atomic E-state index is 0.155. The zero-order valence-electron chi connectivity index (χ0n) is 13.6. The zero-order chi connectivity index (χ0) is 17.6. The number of anilines is 1. The van der Waals surface area contributed by atoms with Crippen LogP contribution < -0.4 is 10.1 Å². The number of ether oxygens (including phenoxy) is 2. The Kier molecular flexibility index (Phi) is 6.19. The fourth-order valence-corrected chi connectivity index (χ4v) is 2.76. The monoisotopic (exact) mass is 379 g/mol. The number of carbonyl (C=O) groups is 1. The largest absolute Gasteiger partial charge is 0.465 e. The van der Waals surface area contributed by atoms with E-state index in [1.807, 2.05) is 42.5 Å². The molecule has 4 nitrogen and oxygen atoms in total. The van der Waals surface area contributed by atoms with Crippen molar-refractivity contribution < 1.29 is 14.3 Å². The molecule has 1 fully saturated rings. The van der Waals surface area contributed by atoms with Gasteiger partial charge in [0.1, 0.15) is 5.75 Å². The van der Waals surface area contributed by atoms with Crippen molar-refractivity contribution in [2.45, 2.75) is 30.4 Å². The number of hydrogen-bond donors (Lipinski definition) is 1. The number of amides is 1. The van der Waals surface area contributed by atoms with Gasteiger partial charge in [-0.25, -0.2) is 0 Å². The van der Waals surface area contributed by atoms with Gasteiger partial charge in [0.05, 0.1) is 6.61 Å². The first-order valence-corrected chi connectivity index (χ1v) is 9.07. The maximum absolute atomic E-state index is 11.6. The van der Waals surface area contributed by atoms with E-state index in [0.29, 0.717) is 5.69 Å². The summed E-state index contributed by atoms with van der Waals surface area (Å²) >= 11 is 11.1. The Balaban J connectivity index is 1.68. The molecule has 2 aromatic rings. The molecular formula is C19H19Cl2NO3. The third-order valence-electron chi connectivity index (χ3n) is 3.92. The average Bonchev–Trinajstić information content (AvgIpc) is 2.63. The van der Waals surface area contributed by atoms with Gasteiger partial charge in [0.15, 0.2) is 11.1 Å². The molecule has 1 atom stereocenters. The summed E-state index contributed by atoms with van der Waals surface area (Å²) in [7, 11) is 0. The van der Waals surface area contributed by atoms with Crippen LogP contribution in [0.1, 0.15) is 19.3 Å². The number of alkyl halides is 2. The van der Waals surface area contributed by atoms with Gasteiger partial charge in [-0.1, -0.05) is 47.5 Å². The molecule has 25 heavy (non-hydrogen) atoms. The van der Waals surface area contributed by atoms with Gasteiger partial charge in [-0.05, 0) is 48.2 Å². The van der Waals surface area contributed by atoms with E-state index < -0.39 is 10.7 Å². The van der Waals surface area contributed by atoms with Gasteiger partial charge >= 0.3 is 0 Å². The first kappa shape index (κ1) is 18.1. The molecule has 0 radical (unpaired) electrons. The summed E-state index contributed by atoms with van der Waals surface area (Å²) in [6, 6.07) is 15.3. The number of rotatable bonds is 5. The van der Waals surface area contributed by atoms with Crippen LogP contribution >= 0.6 is 23.2 Å². The summed E-state index contributed by atoms with van der Waals surface area (Å²) < 4.78 is 11.4. The van der Waals surface area contributed by atoms with Crippen molar-refractivity contribution in [1.82, 2.24) is 0 Å². The third kappa shape index (κ3) is 5.11. The van der Waals surface area contributed by atoms with Crippen LogP contribution in [0.5, 0.6) is 5.75 Å². The molecular weight excluding hydrogens is 361 g/mol. The van der Waals surface area contributed by atoms with Crippen LogP contribution in [-0.4, -0.2) is 23.6 Å². The number of nitrogens with one attached hydrogen (secondary N) is 1. The summed E-state index contributed by atoms with van der Waals surface area (Å²) in [5.41, 5.74) is 2.63. The molecule has 2 aromatic carbocycles. The SMILES string of the molecule is O=C(Nc1cccc(-c2ccc(OC3CCCCO3)cc2)c1)C(Cl)Cl. The van der Waals surface area contributed by atoms with Gasteiger partial charge in [-0.2, -0.15) is 0 Å². The Bertz CT molecular complexity index is 713. The van der Waals surface area contributed by atoms with Gasteiger partial charge in [0.2, 0.25) is 0 Å². The molecule has 1 heterocycles. The van der Waals surface area contributed by atoms with Gasteiger partial charge in [-0.15, -0.1) is 0 Å². The molecule has 6 heteroatoms. The van der Waals surface area contributed by atoms with Crippen molar-refractivity contribution in [3.8, 4) is 16.9 Å². The van der Waals surface area contributed by atoms with Crippen molar-refractivity contribution >= 4 is 34.8 Å². The quantitative estimate of drug-likeness (QED) is 0.743. The predicted molar refractivity (Wildman–Crippen MR) is 100 cm³/mol. The Morgan fingerprint density at radius 1 is 1.12 bits per heavy atom. The maximum atomic E-state index is 11.6. The van der Waals surface area contributed by atoms with E-state index in [2.05, 4.69) is 5.32 Å². The second-order valence-corrected chi connectivity index (χ2v) is 6.91. The minimum atomic E-state index is -1.10. The van der Waals surface area contributed by atoms with Gasteiger partial charge in [0.25, 0.3) is 5.91 Å². The van der Waals surface area contributed by atoms with Crippen LogP contribution in [-0.2, 0) is 9.53 Å². The van der Waals surface area contributed by atoms with Crippen molar-refractivity contribution in [2.24, 2.45) is 0 Å². The Morgan fingerprint density at radius 3 is 2.60 bits per heavy atom. The maximum Gasteiger partial charge on any atom is 0.257 e. The minimum Gasteiger partial charge on any atom is -0.465 e. The van der Waals surface area contributed by atoms with Crippen molar-refractivity contribution in [3.63, 3.8) is 0 Å². The molecule has 1 saturated heterocycles. The molecule has 0 aliphatic carbocycles. The van der Waals surface area contributed by atoms with Crippen LogP contribution in [0.25, 0.3) is 11.1 Å². The summed E-state index contributed by atoms with van der Waals surface area (Å²) in [6.45, 7) is 0.757. The number of halogens is 2. The summed E-state index contributed by atoms with van der Waals surface area (Å²) in [5, 5.41) is 2.67. The van der Waals surface area contributed by atoms with E-state index in [-0.39, 0.29) is 6.29 Å². The molecule has 0 bridgehead atoms. The van der Waals surface area contributed by atoms with Gasteiger partial charge in [-0.3, -0.25) is 4.79 Å². The van der Waals surface area contributed by atoms with E-state index in [9.17, 15) is 4.79 Å². The normalized spacial score (nSPS) is 17.3. The highest BCUT2D eigenvalue weighted by Crippen LogP contribution is 2.26. The Morgan fingerprint density at radius 2 is 1.92 bits per heavy atom. The van der Waals surface area contributed by atoms with Crippen LogP contribution in [0.3, 0.4) is 0 Å². The lowest BCUT2D eigenvalue weighted by Crippen LogP contribution is -2.24. The average molecular weight is 380 g/mol. The van der Waals surface area contributed by atoms with Crippen molar-refractivity contribution in [1.29, 1.82) is 0 Å². The molecule has 1 aliphatic heterocycles. The smallest absolute Gasteiger partial charge is 0.257 e. The number of benzene rings is 2. The molecule has 0 spiro atoms. The predicted octanol–water partition coefficient (Wildman–Crippen LogP) is 5.00. The summed E-state index contributed by atoms with van der Waals surface area (Å²) in [5.74, 6) is 0.337. The lowest BCUT2D eigenvalue weighted by Gasteiger charge is -2.23. The van der Waals surface area contributed by atoms with Gasteiger partial charge < -0.3 is 14.8 Å². The summed E-state index contributed by atoms with van der Waals surface area (Å²) in [4.78, 5) is 10.5. The summed E-state index contributed by atoms with van der Waals surface area (Å²) in [6.07, 6.45) is 3.00. The molecule has 132 valence electrons. The first-order chi connectivity index (χ1) is 12.1. The lowest BCUT2D eigenvalue weighted by atomic mass is 10.0. The molecule has 0 aromatic heterocycles. The van der Waals surface area contributed by atoms with E-state index in [1.54, 1.807) is 6.07 Å². The third-order valence-corrected chi connectivity index (χ3v) is 4.32. The van der Waals surface area contributed by atoms with Gasteiger partial charge in [0, 0.05) is 12.1 Å². The second-order valence-electron chi connectivity index (χ2n) is 5.81. The topological polar surface area (TPSA) is 47.6 Å². The standard InChI is InChI=1S/C19H19Cl2NO3/c20-18(21)19(23)22-15-5-3-4-14(12-15)13-7-9-16(10-8-13)25-17-6-1-2-11-24-17/h3-5,7-10,12,17-18H,1-2,6,11H2,(H,22,23). The van der Waals surface area contributed by atoms with Crippen molar-refractivity contribution in [2.75, 3.05) is 11.9 Å². The number of carbonyl (C=O) groups excluding carboxylic acids is 1. The first-order valence-electron chi connectivity index (χ1n) is 8.19. The second kappa shape index (κ2) is 8.56. The molecule has 3 rings (SSSR count). The molecule has 1 aliphatic rings. The fraction of sp³-hybridized carbons (Fsp3) is 0.316. The Hall–Kier alpha value is -1.75. The molecule has 0 saturated carbocycles. The van der Waals surface area contributed by atoms with E-state index in [0.717, 1.165) is 42.7 Å². The van der Waals surface area contributed by atoms with E-state index in [4.69, 9.17) is 32.7 Å².